The molecule has 1 aliphatic heterocycles. The number of hydrogen-bond donors (Lipinski definition) is 1. The normalized spacial score (nSPS) is 17.6. The van der Waals surface area contributed by atoms with Gasteiger partial charge in [-0.25, -0.2) is 0 Å². The van der Waals surface area contributed by atoms with Crippen molar-refractivity contribution in [1.82, 2.24) is 0 Å². The molecule has 3 aromatic carbocycles. The number of carbonyl (C=O) groups is 2. The van der Waals surface area contributed by atoms with Gasteiger partial charge >= 0.3 is 0 Å². The molecule has 0 saturated carbocycles. The summed E-state index contributed by atoms with van der Waals surface area (Å²) >= 11 is 6.21. The number of aliphatic hydroxyl groups is 1. The van der Waals surface area contributed by atoms with Gasteiger partial charge in [0.15, 0.2) is 0 Å². The van der Waals surface area contributed by atoms with Crippen molar-refractivity contribution in [2.45, 2.75) is 39.2 Å². The van der Waals surface area contributed by atoms with Crippen molar-refractivity contribution >= 4 is 34.7 Å². The highest BCUT2D eigenvalue weighted by Crippen LogP contribution is 2.43. The van der Waals surface area contributed by atoms with E-state index in [1.165, 1.54) is 4.90 Å². The van der Waals surface area contributed by atoms with Crippen LogP contribution in [0.5, 0.6) is 5.75 Å². The first-order chi connectivity index (χ1) is 16.6. The van der Waals surface area contributed by atoms with Crippen LogP contribution in [0.2, 0.25) is 5.02 Å². The smallest absolute Gasteiger partial charge is 0.300 e. The van der Waals surface area contributed by atoms with E-state index >= 15 is 0 Å². The van der Waals surface area contributed by atoms with E-state index in [9.17, 15) is 14.7 Å². The standard InChI is InChI=1S/C29H28ClNO4/c1-5-35-23-17-19(11-16-22(23)30)26(32)24-25(18-9-7-6-8-10-18)31(28(34)27(24)33)21-14-12-20(13-15-21)29(2,3)4/h6-17,25,32H,5H2,1-4H3/b26-24-. The van der Waals surface area contributed by atoms with Crippen LogP contribution in [0.3, 0.4) is 0 Å². The van der Waals surface area contributed by atoms with Gasteiger partial charge in [0.2, 0.25) is 0 Å². The fourth-order valence-corrected chi connectivity index (χ4v) is 4.42. The van der Waals surface area contributed by atoms with E-state index in [0.717, 1.165) is 5.56 Å². The molecule has 1 amide bonds. The van der Waals surface area contributed by atoms with Crippen molar-refractivity contribution in [3.05, 3.63) is 100 Å². The van der Waals surface area contributed by atoms with Gasteiger partial charge < -0.3 is 9.84 Å². The van der Waals surface area contributed by atoms with Crippen LogP contribution in [-0.2, 0) is 15.0 Å². The summed E-state index contributed by atoms with van der Waals surface area (Å²) in [6.45, 7) is 8.56. The summed E-state index contributed by atoms with van der Waals surface area (Å²) < 4.78 is 5.55. The number of hydrogen-bond acceptors (Lipinski definition) is 4. The van der Waals surface area contributed by atoms with Gasteiger partial charge in [0.05, 0.1) is 23.2 Å². The third-order valence-corrected chi connectivity index (χ3v) is 6.39. The molecule has 0 bridgehead atoms. The maximum atomic E-state index is 13.3. The SMILES string of the molecule is CCOc1cc(/C(O)=C2/C(=O)C(=O)N(c3ccc(C(C)(C)C)cc3)C2c2ccccc2)ccc1Cl. The lowest BCUT2D eigenvalue weighted by Gasteiger charge is -2.26. The van der Waals surface area contributed by atoms with Crippen molar-refractivity contribution < 1.29 is 19.4 Å². The van der Waals surface area contributed by atoms with E-state index < -0.39 is 17.7 Å². The Morgan fingerprint density at radius 2 is 1.66 bits per heavy atom. The zero-order valence-electron chi connectivity index (χ0n) is 20.2. The summed E-state index contributed by atoms with van der Waals surface area (Å²) in [6, 6.07) is 20.8. The van der Waals surface area contributed by atoms with E-state index in [1.807, 2.05) is 61.5 Å². The van der Waals surface area contributed by atoms with E-state index in [-0.39, 0.29) is 16.7 Å². The first-order valence-corrected chi connectivity index (χ1v) is 11.9. The van der Waals surface area contributed by atoms with E-state index in [4.69, 9.17) is 16.3 Å². The summed E-state index contributed by atoms with van der Waals surface area (Å²) in [6.07, 6.45) is 0. The highest BCUT2D eigenvalue weighted by atomic mass is 35.5. The Bertz CT molecular complexity index is 1290. The second-order valence-electron chi connectivity index (χ2n) is 9.45. The number of nitrogens with zero attached hydrogens (tertiary/aromatic N) is 1. The molecule has 0 spiro atoms. The predicted molar refractivity (Wildman–Crippen MR) is 139 cm³/mol. The number of aliphatic hydroxyl groups excluding tert-OH is 1. The number of amides is 1. The molecule has 1 N–H and O–H groups in total. The molecule has 1 fully saturated rings. The van der Waals surface area contributed by atoms with Crippen LogP contribution in [0, 0.1) is 0 Å². The third-order valence-electron chi connectivity index (χ3n) is 6.08. The fraction of sp³-hybridized carbons (Fsp3) is 0.241. The van der Waals surface area contributed by atoms with Crippen LogP contribution < -0.4 is 9.64 Å². The monoisotopic (exact) mass is 489 g/mol. The third kappa shape index (κ3) is 4.69. The molecule has 1 aliphatic rings. The van der Waals surface area contributed by atoms with Gasteiger partial charge in [0.25, 0.3) is 11.7 Å². The van der Waals surface area contributed by atoms with Crippen LogP contribution in [0.1, 0.15) is 50.4 Å². The van der Waals surface area contributed by atoms with Crippen LogP contribution in [0.15, 0.2) is 78.4 Å². The Balaban J connectivity index is 1.88. The number of rotatable bonds is 5. The maximum absolute atomic E-state index is 13.3. The summed E-state index contributed by atoms with van der Waals surface area (Å²) in [5.41, 5.74) is 2.72. The lowest BCUT2D eigenvalue weighted by Crippen LogP contribution is -2.29. The minimum Gasteiger partial charge on any atom is -0.507 e. The van der Waals surface area contributed by atoms with Gasteiger partial charge in [0, 0.05) is 11.3 Å². The van der Waals surface area contributed by atoms with Crippen molar-refractivity contribution in [2.24, 2.45) is 0 Å². The van der Waals surface area contributed by atoms with Gasteiger partial charge in [-0.15, -0.1) is 0 Å². The number of anilines is 1. The summed E-state index contributed by atoms with van der Waals surface area (Å²) in [4.78, 5) is 28.1. The number of ketones is 1. The summed E-state index contributed by atoms with van der Waals surface area (Å²) in [7, 11) is 0. The average Bonchev–Trinajstić information content (AvgIpc) is 3.10. The molecule has 180 valence electrons. The molecule has 35 heavy (non-hydrogen) atoms. The van der Waals surface area contributed by atoms with Crippen molar-refractivity contribution in [3.8, 4) is 5.75 Å². The average molecular weight is 490 g/mol. The van der Waals surface area contributed by atoms with Gasteiger partial charge in [0.1, 0.15) is 11.5 Å². The van der Waals surface area contributed by atoms with Crippen molar-refractivity contribution in [3.63, 3.8) is 0 Å². The Labute approximate surface area is 210 Å². The molecule has 1 saturated heterocycles. The quantitative estimate of drug-likeness (QED) is 0.247. The van der Waals surface area contributed by atoms with Gasteiger partial charge in [-0.05, 0) is 53.8 Å². The molecule has 5 nitrogen and oxygen atoms in total. The second-order valence-corrected chi connectivity index (χ2v) is 9.86. The Hall–Kier alpha value is -3.57. The fourth-order valence-electron chi connectivity index (χ4n) is 4.24. The Morgan fingerprint density at radius 3 is 2.26 bits per heavy atom. The highest BCUT2D eigenvalue weighted by Gasteiger charge is 2.47. The summed E-state index contributed by atoms with van der Waals surface area (Å²) in [5.74, 6) is -1.32. The maximum Gasteiger partial charge on any atom is 0.300 e. The van der Waals surface area contributed by atoms with Crippen LogP contribution in [-0.4, -0.2) is 23.4 Å². The lowest BCUT2D eigenvalue weighted by molar-refractivity contribution is -0.132. The Morgan fingerprint density at radius 1 is 1.00 bits per heavy atom. The van der Waals surface area contributed by atoms with Gasteiger partial charge in [-0.3, -0.25) is 14.5 Å². The number of Topliss-reactive ketones (excluding diaryl/α,β-unsaturated/α-hetero) is 1. The largest absolute Gasteiger partial charge is 0.507 e. The van der Waals surface area contributed by atoms with E-state index in [0.29, 0.717) is 34.2 Å². The van der Waals surface area contributed by atoms with E-state index in [2.05, 4.69) is 20.8 Å². The zero-order chi connectivity index (χ0) is 25.3. The van der Waals surface area contributed by atoms with Gasteiger partial charge in [-0.1, -0.05) is 74.8 Å². The topological polar surface area (TPSA) is 66.8 Å². The molecule has 1 unspecified atom stereocenters. The number of halogens is 1. The molecule has 0 aliphatic carbocycles. The minimum atomic E-state index is -0.789. The highest BCUT2D eigenvalue weighted by molar-refractivity contribution is 6.51. The number of carbonyl (C=O) groups excluding carboxylic acids is 2. The van der Waals surface area contributed by atoms with Crippen LogP contribution in [0.4, 0.5) is 5.69 Å². The molecular formula is C29H28ClNO4. The minimum absolute atomic E-state index is 0.0193. The molecule has 6 heteroatoms. The van der Waals surface area contributed by atoms with E-state index in [1.54, 1.807) is 18.2 Å². The zero-order valence-corrected chi connectivity index (χ0v) is 21.0. The van der Waals surface area contributed by atoms with Crippen molar-refractivity contribution in [1.29, 1.82) is 0 Å². The molecular weight excluding hydrogens is 462 g/mol. The molecule has 3 aromatic rings. The van der Waals surface area contributed by atoms with Crippen molar-refractivity contribution in [2.75, 3.05) is 11.5 Å². The molecule has 0 aromatic heterocycles. The summed E-state index contributed by atoms with van der Waals surface area (Å²) in [5, 5.41) is 11.7. The lowest BCUT2D eigenvalue weighted by atomic mass is 9.87. The molecule has 1 atom stereocenters. The molecule has 1 heterocycles. The first-order valence-electron chi connectivity index (χ1n) is 11.5. The number of ether oxygens (including phenoxy) is 1. The molecule has 0 radical (unpaired) electrons. The Kier molecular flexibility index (Phi) is 6.73. The van der Waals surface area contributed by atoms with Crippen LogP contribution in [0.25, 0.3) is 5.76 Å². The first kappa shape index (κ1) is 24.6. The number of benzene rings is 3. The second kappa shape index (κ2) is 9.59. The molecule has 4 rings (SSSR count). The van der Waals surface area contributed by atoms with Gasteiger partial charge in [-0.2, -0.15) is 0 Å². The predicted octanol–water partition coefficient (Wildman–Crippen LogP) is 6.66. The van der Waals surface area contributed by atoms with Crippen LogP contribution >= 0.6 is 11.6 Å².